The fourth-order valence-electron chi connectivity index (χ4n) is 2.21. The van der Waals surface area contributed by atoms with Gasteiger partial charge < -0.3 is 16.0 Å². The molecule has 1 unspecified atom stereocenters. The van der Waals surface area contributed by atoms with Crippen molar-refractivity contribution in [3.63, 3.8) is 0 Å². The number of imidazole rings is 1. The second-order valence-corrected chi connectivity index (χ2v) is 4.78. The topological polar surface area (TPSA) is 86.9 Å². The summed E-state index contributed by atoms with van der Waals surface area (Å²) in [5.41, 5.74) is 15.3. The molecule has 0 fully saturated rings. The number of aryl methyl sites for hydroxylation is 2. The van der Waals surface area contributed by atoms with Crippen molar-refractivity contribution < 1.29 is 4.79 Å². The number of anilines is 1. The van der Waals surface area contributed by atoms with Gasteiger partial charge in [-0.1, -0.05) is 0 Å². The van der Waals surface area contributed by atoms with Crippen molar-refractivity contribution in [1.82, 2.24) is 9.55 Å². The Morgan fingerprint density at radius 1 is 1.39 bits per heavy atom. The van der Waals surface area contributed by atoms with Crippen molar-refractivity contribution in [2.24, 2.45) is 5.73 Å². The molecule has 0 aliphatic rings. The van der Waals surface area contributed by atoms with Gasteiger partial charge in [-0.05, 0) is 44.0 Å². The van der Waals surface area contributed by atoms with E-state index in [1.807, 2.05) is 37.5 Å². The molecule has 0 radical (unpaired) electrons. The largest absolute Gasteiger partial charge is 0.370 e. The average Bonchev–Trinajstić information content (AvgIpc) is 2.53. The fraction of sp³-hybridized carbons (Fsp3) is 0.385. The number of fused-ring (bicyclic) bond motifs is 1. The standard InChI is InChI=1S/C13H18N4O/c1-7-4-10-11(5-8(7)2)17(13(15)16-10)9(3)6-12(14)18/h4-5,9H,6H2,1-3H3,(H2,14,18)(H2,15,16). The maximum atomic E-state index is 11.0. The molecule has 0 aliphatic heterocycles. The Morgan fingerprint density at radius 3 is 2.61 bits per heavy atom. The third kappa shape index (κ3) is 2.03. The molecule has 0 aliphatic carbocycles. The summed E-state index contributed by atoms with van der Waals surface area (Å²) in [6.45, 7) is 6.00. The number of nitrogens with two attached hydrogens (primary N) is 2. The first-order valence-electron chi connectivity index (χ1n) is 5.93. The van der Waals surface area contributed by atoms with Crippen LogP contribution in [0.25, 0.3) is 11.0 Å². The van der Waals surface area contributed by atoms with Crippen LogP contribution in [0.15, 0.2) is 12.1 Å². The van der Waals surface area contributed by atoms with E-state index in [2.05, 4.69) is 4.98 Å². The molecule has 2 aromatic rings. The molecular weight excluding hydrogens is 228 g/mol. The molecule has 1 amide bonds. The van der Waals surface area contributed by atoms with E-state index in [1.165, 1.54) is 11.1 Å². The quantitative estimate of drug-likeness (QED) is 0.863. The highest BCUT2D eigenvalue weighted by atomic mass is 16.1. The van der Waals surface area contributed by atoms with E-state index < -0.39 is 0 Å². The van der Waals surface area contributed by atoms with E-state index in [4.69, 9.17) is 11.5 Å². The van der Waals surface area contributed by atoms with Gasteiger partial charge in [0.2, 0.25) is 11.9 Å². The van der Waals surface area contributed by atoms with Crippen molar-refractivity contribution >= 4 is 22.9 Å². The molecule has 96 valence electrons. The lowest BCUT2D eigenvalue weighted by Crippen LogP contribution is -2.18. The predicted molar refractivity (Wildman–Crippen MR) is 72.1 cm³/mol. The summed E-state index contributed by atoms with van der Waals surface area (Å²) < 4.78 is 1.87. The Labute approximate surface area is 106 Å². The second-order valence-electron chi connectivity index (χ2n) is 4.78. The van der Waals surface area contributed by atoms with Gasteiger partial charge in [-0.25, -0.2) is 4.98 Å². The first-order valence-corrected chi connectivity index (χ1v) is 5.93. The van der Waals surface area contributed by atoms with Gasteiger partial charge >= 0.3 is 0 Å². The lowest BCUT2D eigenvalue weighted by Gasteiger charge is -2.14. The maximum Gasteiger partial charge on any atom is 0.219 e. The van der Waals surface area contributed by atoms with E-state index >= 15 is 0 Å². The summed E-state index contributed by atoms with van der Waals surface area (Å²) in [5.74, 6) is 0.0799. The number of nitrogen functional groups attached to an aromatic ring is 1. The average molecular weight is 246 g/mol. The Hall–Kier alpha value is -2.04. The van der Waals surface area contributed by atoms with Gasteiger partial charge in [0.15, 0.2) is 0 Å². The molecule has 5 heteroatoms. The molecule has 4 N–H and O–H groups in total. The molecule has 1 aromatic carbocycles. The van der Waals surface area contributed by atoms with Gasteiger partial charge in [0, 0.05) is 12.5 Å². The molecule has 18 heavy (non-hydrogen) atoms. The molecular formula is C13H18N4O. The minimum absolute atomic E-state index is 0.0883. The summed E-state index contributed by atoms with van der Waals surface area (Å²) in [7, 11) is 0. The zero-order chi connectivity index (χ0) is 13.4. The van der Waals surface area contributed by atoms with E-state index in [0.717, 1.165) is 11.0 Å². The van der Waals surface area contributed by atoms with Crippen LogP contribution >= 0.6 is 0 Å². The van der Waals surface area contributed by atoms with Crippen LogP contribution in [0.2, 0.25) is 0 Å². The highest BCUT2D eigenvalue weighted by Gasteiger charge is 2.16. The van der Waals surface area contributed by atoms with Crippen LogP contribution in [0.3, 0.4) is 0 Å². The number of carbonyl (C=O) groups excluding carboxylic acids is 1. The first-order chi connectivity index (χ1) is 8.40. The van der Waals surface area contributed by atoms with Gasteiger partial charge in [0.05, 0.1) is 11.0 Å². The SMILES string of the molecule is Cc1cc2nc(N)n(C(C)CC(N)=O)c2cc1C. The number of benzene rings is 1. The van der Waals surface area contributed by atoms with Crippen LogP contribution < -0.4 is 11.5 Å². The van der Waals surface area contributed by atoms with Crippen molar-refractivity contribution in [3.05, 3.63) is 23.3 Å². The fourth-order valence-corrected chi connectivity index (χ4v) is 2.21. The van der Waals surface area contributed by atoms with Crippen LogP contribution in [0.1, 0.15) is 30.5 Å². The third-order valence-electron chi connectivity index (χ3n) is 3.27. The summed E-state index contributed by atoms with van der Waals surface area (Å²) in [5, 5.41) is 0. The minimum atomic E-state index is -0.340. The van der Waals surface area contributed by atoms with Gasteiger partial charge in [0.1, 0.15) is 0 Å². The lowest BCUT2D eigenvalue weighted by atomic mass is 10.1. The van der Waals surface area contributed by atoms with Gasteiger partial charge in [-0.3, -0.25) is 4.79 Å². The molecule has 0 saturated heterocycles. The molecule has 0 bridgehead atoms. The number of aromatic nitrogens is 2. The van der Waals surface area contributed by atoms with E-state index in [-0.39, 0.29) is 18.4 Å². The Bertz CT molecular complexity index is 615. The van der Waals surface area contributed by atoms with Crippen molar-refractivity contribution in [3.8, 4) is 0 Å². The zero-order valence-corrected chi connectivity index (χ0v) is 10.9. The normalized spacial score (nSPS) is 12.8. The van der Waals surface area contributed by atoms with E-state index in [0.29, 0.717) is 5.95 Å². The monoisotopic (exact) mass is 246 g/mol. The van der Waals surface area contributed by atoms with Gasteiger partial charge in [-0.2, -0.15) is 0 Å². The zero-order valence-electron chi connectivity index (χ0n) is 10.9. The summed E-state index contributed by atoms with van der Waals surface area (Å²) in [6, 6.07) is 3.97. The number of rotatable bonds is 3. The maximum absolute atomic E-state index is 11.0. The Balaban J connectivity index is 2.59. The molecule has 2 rings (SSSR count). The van der Waals surface area contributed by atoms with Crippen molar-refractivity contribution in [2.45, 2.75) is 33.2 Å². The van der Waals surface area contributed by atoms with Gasteiger partial charge in [-0.15, -0.1) is 0 Å². The number of amides is 1. The summed E-state index contributed by atoms with van der Waals surface area (Å²) >= 11 is 0. The lowest BCUT2D eigenvalue weighted by molar-refractivity contribution is -0.118. The molecule has 1 aromatic heterocycles. The van der Waals surface area contributed by atoms with E-state index in [1.54, 1.807) is 0 Å². The molecule has 1 atom stereocenters. The number of hydrogen-bond donors (Lipinski definition) is 2. The third-order valence-corrected chi connectivity index (χ3v) is 3.27. The van der Waals surface area contributed by atoms with Crippen LogP contribution in [-0.2, 0) is 4.79 Å². The molecule has 5 nitrogen and oxygen atoms in total. The van der Waals surface area contributed by atoms with E-state index in [9.17, 15) is 4.79 Å². The Kier molecular flexibility index (Phi) is 2.98. The minimum Gasteiger partial charge on any atom is -0.370 e. The number of carbonyl (C=O) groups is 1. The van der Waals surface area contributed by atoms with Crippen LogP contribution in [-0.4, -0.2) is 15.5 Å². The molecule has 1 heterocycles. The number of primary amides is 1. The van der Waals surface area contributed by atoms with Crippen LogP contribution in [0, 0.1) is 13.8 Å². The smallest absolute Gasteiger partial charge is 0.219 e. The summed E-state index contributed by atoms with van der Waals surface area (Å²) in [6.07, 6.45) is 0.253. The van der Waals surface area contributed by atoms with Crippen molar-refractivity contribution in [1.29, 1.82) is 0 Å². The van der Waals surface area contributed by atoms with Crippen molar-refractivity contribution in [2.75, 3.05) is 5.73 Å². The predicted octanol–water partition coefficient (Wildman–Crippen LogP) is 1.67. The van der Waals surface area contributed by atoms with Crippen LogP contribution in [0.5, 0.6) is 0 Å². The Morgan fingerprint density at radius 2 is 2.00 bits per heavy atom. The van der Waals surface area contributed by atoms with Gasteiger partial charge in [0.25, 0.3) is 0 Å². The highest BCUT2D eigenvalue weighted by molar-refractivity contribution is 5.81. The number of hydrogen-bond acceptors (Lipinski definition) is 3. The molecule has 0 spiro atoms. The number of nitrogens with zero attached hydrogens (tertiary/aromatic N) is 2. The first kappa shape index (κ1) is 12.4. The second kappa shape index (κ2) is 4.33. The molecule has 0 saturated carbocycles. The highest BCUT2D eigenvalue weighted by Crippen LogP contribution is 2.26. The van der Waals surface area contributed by atoms with Crippen LogP contribution in [0.4, 0.5) is 5.95 Å². The summed E-state index contributed by atoms with van der Waals surface area (Å²) in [4.78, 5) is 15.4.